The lowest BCUT2D eigenvalue weighted by Crippen LogP contribution is -2.34. The molecular formula is C15H25NO. The standard InChI is InChI=1S/C15H25NO/c1-5-12(3)16-11-13(4)17-15-9-7-8-14(6-2)10-15/h7-10,12-13,16H,5-6,11H2,1-4H3. The van der Waals surface area contributed by atoms with Crippen LogP contribution in [0, 0.1) is 0 Å². The molecule has 1 aromatic carbocycles. The van der Waals surface area contributed by atoms with Crippen molar-refractivity contribution in [2.75, 3.05) is 6.54 Å². The van der Waals surface area contributed by atoms with Gasteiger partial charge in [-0.25, -0.2) is 0 Å². The van der Waals surface area contributed by atoms with Crippen molar-refractivity contribution >= 4 is 0 Å². The summed E-state index contributed by atoms with van der Waals surface area (Å²) in [5.74, 6) is 0.975. The lowest BCUT2D eigenvalue weighted by atomic mass is 10.2. The van der Waals surface area contributed by atoms with Gasteiger partial charge in [0.1, 0.15) is 11.9 Å². The summed E-state index contributed by atoms with van der Waals surface area (Å²) in [5, 5.41) is 3.46. The van der Waals surface area contributed by atoms with Gasteiger partial charge in [0.15, 0.2) is 0 Å². The third-order valence-electron chi connectivity index (χ3n) is 3.01. The van der Waals surface area contributed by atoms with E-state index in [1.165, 1.54) is 5.56 Å². The first-order valence-electron chi connectivity index (χ1n) is 6.64. The number of ether oxygens (including phenoxy) is 1. The Morgan fingerprint density at radius 3 is 2.65 bits per heavy atom. The Labute approximate surface area is 105 Å². The fourth-order valence-electron chi connectivity index (χ4n) is 1.62. The van der Waals surface area contributed by atoms with Crippen LogP contribution in [-0.4, -0.2) is 18.7 Å². The average molecular weight is 235 g/mol. The smallest absolute Gasteiger partial charge is 0.120 e. The summed E-state index contributed by atoms with van der Waals surface area (Å²) in [6.07, 6.45) is 2.41. The minimum absolute atomic E-state index is 0.205. The van der Waals surface area contributed by atoms with E-state index in [1.54, 1.807) is 0 Å². The molecule has 2 nitrogen and oxygen atoms in total. The van der Waals surface area contributed by atoms with E-state index in [0.29, 0.717) is 6.04 Å². The molecule has 1 aromatic rings. The summed E-state index contributed by atoms with van der Waals surface area (Å²) in [6.45, 7) is 9.55. The van der Waals surface area contributed by atoms with Crippen LogP contribution in [0.25, 0.3) is 0 Å². The van der Waals surface area contributed by atoms with Crippen LogP contribution in [0.3, 0.4) is 0 Å². The van der Waals surface area contributed by atoms with Crippen molar-refractivity contribution in [2.45, 2.75) is 52.7 Å². The molecule has 0 saturated heterocycles. The number of hydrogen-bond donors (Lipinski definition) is 1. The van der Waals surface area contributed by atoms with Crippen molar-refractivity contribution in [1.29, 1.82) is 0 Å². The van der Waals surface area contributed by atoms with E-state index in [2.05, 4.69) is 51.2 Å². The highest BCUT2D eigenvalue weighted by atomic mass is 16.5. The van der Waals surface area contributed by atoms with Crippen molar-refractivity contribution in [3.63, 3.8) is 0 Å². The van der Waals surface area contributed by atoms with Crippen molar-refractivity contribution in [1.82, 2.24) is 5.32 Å². The van der Waals surface area contributed by atoms with Crippen LogP contribution in [0.4, 0.5) is 0 Å². The Morgan fingerprint density at radius 2 is 2.00 bits per heavy atom. The Balaban J connectivity index is 2.41. The van der Waals surface area contributed by atoms with Gasteiger partial charge in [-0.05, 0) is 44.4 Å². The molecule has 96 valence electrons. The number of rotatable bonds is 7. The number of nitrogens with one attached hydrogen (secondary N) is 1. The normalized spacial score (nSPS) is 14.4. The van der Waals surface area contributed by atoms with Gasteiger partial charge in [0.25, 0.3) is 0 Å². The molecule has 0 aliphatic heterocycles. The SMILES string of the molecule is CCc1cccc(OC(C)CNC(C)CC)c1. The predicted octanol–water partition coefficient (Wildman–Crippen LogP) is 3.40. The molecule has 1 N–H and O–H groups in total. The van der Waals surface area contributed by atoms with Gasteiger partial charge in [-0.1, -0.05) is 26.0 Å². The molecular weight excluding hydrogens is 210 g/mol. The molecule has 0 radical (unpaired) electrons. The topological polar surface area (TPSA) is 21.3 Å². The van der Waals surface area contributed by atoms with Crippen molar-refractivity contribution < 1.29 is 4.74 Å². The second-order valence-corrected chi connectivity index (χ2v) is 4.65. The minimum Gasteiger partial charge on any atom is -0.489 e. The summed E-state index contributed by atoms with van der Waals surface area (Å²) in [5.41, 5.74) is 1.32. The van der Waals surface area contributed by atoms with Crippen LogP contribution in [0.5, 0.6) is 5.75 Å². The third-order valence-corrected chi connectivity index (χ3v) is 3.01. The second-order valence-electron chi connectivity index (χ2n) is 4.65. The zero-order valence-corrected chi connectivity index (χ0v) is 11.5. The molecule has 1 rings (SSSR count). The first kappa shape index (κ1) is 14.0. The lowest BCUT2D eigenvalue weighted by Gasteiger charge is -2.18. The van der Waals surface area contributed by atoms with Crippen LogP contribution >= 0.6 is 0 Å². The quantitative estimate of drug-likeness (QED) is 0.782. The molecule has 0 aliphatic rings. The summed E-state index contributed by atoms with van der Waals surface area (Å²) in [6, 6.07) is 8.90. The number of benzene rings is 1. The van der Waals surface area contributed by atoms with Gasteiger partial charge in [-0.15, -0.1) is 0 Å². The molecule has 0 bridgehead atoms. The summed E-state index contributed by atoms with van der Waals surface area (Å²) in [7, 11) is 0. The van der Waals surface area contributed by atoms with E-state index in [0.717, 1.165) is 25.1 Å². The van der Waals surface area contributed by atoms with Crippen LogP contribution in [-0.2, 0) is 6.42 Å². The first-order valence-corrected chi connectivity index (χ1v) is 6.64. The van der Waals surface area contributed by atoms with E-state index in [-0.39, 0.29) is 6.10 Å². The van der Waals surface area contributed by atoms with Crippen LogP contribution in [0.2, 0.25) is 0 Å². The Morgan fingerprint density at radius 1 is 1.24 bits per heavy atom. The Kier molecular flexibility index (Phi) is 6.06. The van der Waals surface area contributed by atoms with E-state index in [9.17, 15) is 0 Å². The van der Waals surface area contributed by atoms with Gasteiger partial charge in [0.05, 0.1) is 0 Å². The van der Waals surface area contributed by atoms with E-state index in [1.807, 2.05) is 6.07 Å². The third kappa shape index (κ3) is 5.22. The molecule has 2 heteroatoms. The molecule has 0 aromatic heterocycles. The molecule has 0 spiro atoms. The maximum Gasteiger partial charge on any atom is 0.120 e. The summed E-state index contributed by atoms with van der Waals surface area (Å²) < 4.78 is 5.89. The van der Waals surface area contributed by atoms with E-state index < -0.39 is 0 Å². The van der Waals surface area contributed by atoms with Crippen molar-refractivity contribution in [3.8, 4) is 5.75 Å². The van der Waals surface area contributed by atoms with Crippen LogP contribution in [0.1, 0.15) is 39.7 Å². The molecule has 0 amide bonds. The maximum absolute atomic E-state index is 5.89. The number of hydrogen-bond acceptors (Lipinski definition) is 2. The molecule has 0 heterocycles. The highest BCUT2D eigenvalue weighted by Gasteiger charge is 2.06. The number of aryl methyl sites for hydroxylation is 1. The van der Waals surface area contributed by atoms with Gasteiger partial charge in [0, 0.05) is 12.6 Å². The molecule has 0 fully saturated rings. The van der Waals surface area contributed by atoms with Crippen LogP contribution < -0.4 is 10.1 Å². The van der Waals surface area contributed by atoms with Gasteiger partial charge in [0.2, 0.25) is 0 Å². The Bertz CT molecular complexity index is 324. The molecule has 17 heavy (non-hydrogen) atoms. The molecule has 0 aliphatic carbocycles. The van der Waals surface area contributed by atoms with Crippen LogP contribution in [0.15, 0.2) is 24.3 Å². The van der Waals surface area contributed by atoms with Gasteiger partial charge >= 0.3 is 0 Å². The van der Waals surface area contributed by atoms with E-state index >= 15 is 0 Å². The van der Waals surface area contributed by atoms with Gasteiger partial charge < -0.3 is 10.1 Å². The predicted molar refractivity (Wildman–Crippen MR) is 73.7 cm³/mol. The average Bonchev–Trinajstić information content (AvgIpc) is 2.36. The molecule has 0 saturated carbocycles. The first-order chi connectivity index (χ1) is 8.15. The fraction of sp³-hybridized carbons (Fsp3) is 0.600. The minimum atomic E-state index is 0.205. The second kappa shape index (κ2) is 7.33. The lowest BCUT2D eigenvalue weighted by molar-refractivity contribution is 0.212. The van der Waals surface area contributed by atoms with Crippen molar-refractivity contribution in [3.05, 3.63) is 29.8 Å². The highest BCUT2D eigenvalue weighted by Crippen LogP contribution is 2.15. The van der Waals surface area contributed by atoms with Crippen molar-refractivity contribution in [2.24, 2.45) is 0 Å². The summed E-state index contributed by atoms with van der Waals surface area (Å²) >= 11 is 0. The zero-order chi connectivity index (χ0) is 12.7. The largest absolute Gasteiger partial charge is 0.489 e. The van der Waals surface area contributed by atoms with E-state index in [4.69, 9.17) is 4.74 Å². The molecule has 2 atom stereocenters. The highest BCUT2D eigenvalue weighted by molar-refractivity contribution is 5.28. The maximum atomic E-state index is 5.89. The van der Waals surface area contributed by atoms with Gasteiger partial charge in [-0.3, -0.25) is 0 Å². The summed E-state index contributed by atoms with van der Waals surface area (Å²) in [4.78, 5) is 0. The van der Waals surface area contributed by atoms with Gasteiger partial charge in [-0.2, -0.15) is 0 Å². The Hall–Kier alpha value is -1.02. The monoisotopic (exact) mass is 235 g/mol. The fourth-order valence-corrected chi connectivity index (χ4v) is 1.62. The molecule has 2 unspecified atom stereocenters. The zero-order valence-electron chi connectivity index (χ0n) is 11.5.